The van der Waals surface area contributed by atoms with Gasteiger partial charge in [0, 0.05) is 18.2 Å². The lowest BCUT2D eigenvalue weighted by atomic mass is 10.1. The van der Waals surface area contributed by atoms with Gasteiger partial charge in [0.15, 0.2) is 17.5 Å². The molecule has 2 rings (SSSR count). The van der Waals surface area contributed by atoms with Crippen molar-refractivity contribution in [1.82, 2.24) is 5.32 Å². The first-order valence-electron chi connectivity index (χ1n) is 5.70. The van der Waals surface area contributed by atoms with Crippen LogP contribution in [0.15, 0.2) is 28.9 Å². The summed E-state index contributed by atoms with van der Waals surface area (Å²) in [6, 6.07) is 1.25. The number of carbonyl (C=O) groups is 1. The monoisotopic (exact) mass is 281 g/mol. The summed E-state index contributed by atoms with van der Waals surface area (Å²) >= 11 is 0. The van der Waals surface area contributed by atoms with E-state index in [4.69, 9.17) is 5.41 Å². The highest BCUT2D eigenvalue weighted by Crippen LogP contribution is 2.17. The van der Waals surface area contributed by atoms with Gasteiger partial charge in [-0.3, -0.25) is 9.79 Å². The standard InChI is InChI=1S/C13H10F3N3O/c14-9-5-11(16)10(15)4-7(9)3-8-1-2-18-13(19-8)12(20)6-17/h1,4-6,17H,2-3H2,(H,18,19). The molecule has 0 spiro atoms. The van der Waals surface area contributed by atoms with Crippen molar-refractivity contribution in [3.8, 4) is 0 Å². The van der Waals surface area contributed by atoms with Gasteiger partial charge in [0.05, 0.1) is 12.8 Å². The highest BCUT2D eigenvalue weighted by Gasteiger charge is 2.16. The van der Waals surface area contributed by atoms with E-state index in [-0.39, 0.29) is 24.4 Å². The van der Waals surface area contributed by atoms with Gasteiger partial charge in [-0.05, 0) is 17.7 Å². The fourth-order valence-electron chi connectivity index (χ4n) is 1.72. The fourth-order valence-corrected chi connectivity index (χ4v) is 1.72. The molecule has 4 nitrogen and oxygen atoms in total. The molecule has 2 N–H and O–H groups in total. The number of rotatable bonds is 4. The third-order valence-electron chi connectivity index (χ3n) is 2.70. The minimum atomic E-state index is -1.25. The van der Waals surface area contributed by atoms with Crippen LogP contribution < -0.4 is 5.32 Å². The van der Waals surface area contributed by atoms with Gasteiger partial charge < -0.3 is 10.7 Å². The Labute approximate surface area is 112 Å². The molecule has 1 aliphatic heterocycles. The van der Waals surface area contributed by atoms with Crippen LogP contribution in [0.25, 0.3) is 0 Å². The summed E-state index contributed by atoms with van der Waals surface area (Å²) < 4.78 is 39.4. The number of ketones is 1. The summed E-state index contributed by atoms with van der Waals surface area (Å²) in [7, 11) is 0. The molecule has 1 aromatic rings. The third-order valence-corrected chi connectivity index (χ3v) is 2.70. The van der Waals surface area contributed by atoms with Crippen LogP contribution in [0.4, 0.5) is 13.2 Å². The van der Waals surface area contributed by atoms with E-state index in [0.29, 0.717) is 18.0 Å². The average Bonchev–Trinajstić information content (AvgIpc) is 2.44. The second-order valence-electron chi connectivity index (χ2n) is 4.09. The topological polar surface area (TPSA) is 65.3 Å². The van der Waals surface area contributed by atoms with Gasteiger partial charge in [0.1, 0.15) is 5.82 Å². The third kappa shape index (κ3) is 2.93. The van der Waals surface area contributed by atoms with Crippen molar-refractivity contribution in [3.63, 3.8) is 0 Å². The van der Waals surface area contributed by atoms with E-state index in [0.717, 1.165) is 6.07 Å². The molecule has 0 saturated carbocycles. The maximum absolute atomic E-state index is 13.5. The molecule has 0 unspecified atom stereocenters. The first-order chi connectivity index (χ1) is 9.51. The Morgan fingerprint density at radius 3 is 2.70 bits per heavy atom. The number of allylic oxidation sites excluding steroid dienone is 1. The van der Waals surface area contributed by atoms with E-state index < -0.39 is 23.2 Å². The zero-order valence-corrected chi connectivity index (χ0v) is 10.2. The van der Waals surface area contributed by atoms with Gasteiger partial charge >= 0.3 is 0 Å². The summed E-state index contributed by atoms with van der Waals surface area (Å²) in [5.41, 5.74) is 0.404. The molecule has 0 saturated heterocycles. The van der Waals surface area contributed by atoms with Crippen molar-refractivity contribution in [1.29, 1.82) is 5.41 Å². The lowest BCUT2D eigenvalue weighted by Crippen LogP contribution is -2.34. The van der Waals surface area contributed by atoms with E-state index >= 15 is 0 Å². The molecule has 1 heterocycles. The van der Waals surface area contributed by atoms with E-state index in [1.54, 1.807) is 6.08 Å². The fraction of sp³-hybridized carbons (Fsp3) is 0.154. The summed E-state index contributed by atoms with van der Waals surface area (Å²) in [4.78, 5) is 15.1. The lowest BCUT2D eigenvalue weighted by molar-refractivity contribution is -0.107. The lowest BCUT2D eigenvalue weighted by Gasteiger charge is -2.15. The van der Waals surface area contributed by atoms with E-state index in [1.807, 2.05) is 0 Å². The number of carbonyl (C=O) groups excluding carboxylic acids is 1. The van der Waals surface area contributed by atoms with Gasteiger partial charge in [0.25, 0.3) is 0 Å². The number of benzene rings is 1. The van der Waals surface area contributed by atoms with Crippen LogP contribution in [0.1, 0.15) is 5.56 Å². The molecule has 7 heteroatoms. The van der Waals surface area contributed by atoms with Crippen LogP contribution in [-0.2, 0) is 11.2 Å². The summed E-state index contributed by atoms with van der Waals surface area (Å²) in [5.74, 6) is -3.89. The van der Waals surface area contributed by atoms with Crippen LogP contribution >= 0.6 is 0 Å². The Morgan fingerprint density at radius 1 is 1.30 bits per heavy atom. The highest BCUT2D eigenvalue weighted by molar-refractivity contribution is 6.59. The van der Waals surface area contributed by atoms with Crippen LogP contribution in [0, 0.1) is 22.9 Å². The van der Waals surface area contributed by atoms with E-state index in [1.165, 1.54) is 0 Å². The molecule has 0 aliphatic carbocycles. The van der Waals surface area contributed by atoms with Crippen LogP contribution in [0.3, 0.4) is 0 Å². The van der Waals surface area contributed by atoms with Crippen LogP contribution in [0.2, 0.25) is 0 Å². The number of hydrogen-bond donors (Lipinski definition) is 2. The molecule has 0 bridgehead atoms. The minimum absolute atomic E-state index is 0.0273. The number of hydrogen-bond acceptors (Lipinski definition) is 4. The minimum Gasteiger partial charge on any atom is -0.341 e. The normalized spacial score (nSPS) is 14.2. The van der Waals surface area contributed by atoms with Gasteiger partial charge in [-0.2, -0.15) is 0 Å². The number of nitrogens with one attached hydrogen (secondary N) is 2. The van der Waals surface area contributed by atoms with Crippen molar-refractivity contribution < 1.29 is 18.0 Å². The number of nitrogens with zero attached hydrogens (tertiary/aromatic N) is 1. The number of Topliss-reactive ketones (excluding diaryl/α,β-unsaturated/α-hetero) is 1. The number of halogens is 3. The number of amidine groups is 1. The van der Waals surface area contributed by atoms with E-state index in [9.17, 15) is 18.0 Å². The van der Waals surface area contributed by atoms with Crippen molar-refractivity contribution >= 4 is 17.8 Å². The SMILES string of the molecule is N=CC(=O)C1=NCC=C(Cc2cc(F)c(F)cc2F)N1. The van der Waals surface area contributed by atoms with Gasteiger partial charge in [-0.25, -0.2) is 13.2 Å². The summed E-state index contributed by atoms with van der Waals surface area (Å²) in [5, 5.41) is 9.49. The highest BCUT2D eigenvalue weighted by atomic mass is 19.2. The van der Waals surface area contributed by atoms with Crippen molar-refractivity contribution in [2.75, 3.05) is 6.54 Å². The van der Waals surface area contributed by atoms with Crippen LogP contribution in [-0.4, -0.2) is 24.4 Å². The summed E-state index contributed by atoms with van der Waals surface area (Å²) in [6.45, 7) is 0.197. The Kier molecular flexibility index (Phi) is 3.97. The van der Waals surface area contributed by atoms with Crippen molar-refractivity contribution in [2.24, 2.45) is 4.99 Å². The average molecular weight is 281 g/mol. The molecule has 0 radical (unpaired) electrons. The van der Waals surface area contributed by atoms with E-state index in [2.05, 4.69) is 10.3 Å². The zero-order chi connectivity index (χ0) is 14.7. The van der Waals surface area contributed by atoms with Gasteiger partial charge in [-0.15, -0.1) is 0 Å². The van der Waals surface area contributed by atoms with Gasteiger partial charge in [0.2, 0.25) is 5.78 Å². The predicted molar refractivity (Wildman–Crippen MR) is 67.3 cm³/mol. The van der Waals surface area contributed by atoms with Crippen molar-refractivity contribution in [3.05, 3.63) is 46.9 Å². The first-order valence-corrected chi connectivity index (χ1v) is 5.70. The first kappa shape index (κ1) is 14.0. The van der Waals surface area contributed by atoms with Gasteiger partial charge in [-0.1, -0.05) is 0 Å². The van der Waals surface area contributed by atoms with Crippen molar-refractivity contribution in [2.45, 2.75) is 6.42 Å². The Bertz CT molecular complexity index is 638. The zero-order valence-electron chi connectivity index (χ0n) is 10.2. The smallest absolute Gasteiger partial charge is 0.238 e. The molecule has 1 aliphatic rings. The number of aliphatic imine (C=N–C) groups is 1. The molecular formula is C13H10F3N3O. The molecule has 20 heavy (non-hydrogen) atoms. The Morgan fingerprint density at radius 2 is 2.00 bits per heavy atom. The Hall–Kier alpha value is -2.44. The van der Waals surface area contributed by atoms with Crippen LogP contribution in [0.5, 0.6) is 0 Å². The quantitative estimate of drug-likeness (QED) is 0.652. The Balaban J connectivity index is 2.16. The molecule has 104 valence electrons. The molecular weight excluding hydrogens is 271 g/mol. The summed E-state index contributed by atoms with van der Waals surface area (Å²) in [6.07, 6.45) is 2.17. The maximum atomic E-state index is 13.5. The molecule has 0 aromatic heterocycles. The molecule has 0 fully saturated rings. The maximum Gasteiger partial charge on any atom is 0.238 e. The second kappa shape index (κ2) is 5.68. The predicted octanol–water partition coefficient (Wildman–Crippen LogP) is 1.75. The second-order valence-corrected chi connectivity index (χ2v) is 4.09. The molecule has 1 aromatic carbocycles. The molecule has 0 atom stereocenters. The molecule has 0 amide bonds. The largest absolute Gasteiger partial charge is 0.341 e.